The zero-order valence-corrected chi connectivity index (χ0v) is 17.1. The molecule has 0 saturated heterocycles. The number of hydrogen-bond donors (Lipinski definition) is 1. The van der Waals surface area contributed by atoms with E-state index in [0.717, 1.165) is 47.8 Å². The van der Waals surface area contributed by atoms with Gasteiger partial charge in [-0.15, -0.1) is 11.3 Å². The molecule has 0 spiro atoms. The van der Waals surface area contributed by atoms with Crippen LogP contribution in [0.1, 0.15) is 43.1 Å². The highest BCUT2D eigenvalue weighted by molar-refractivity contribution is 7.16. The topological polar surface area (TPSA) is 90.3 Å². The van der Waals surface area contributed by atoms with Crippen molar-refractivity contribution in [1.82, 2.24) is 9.78 Å². The molecule has 156 valence electrons. The molecular weight excluding hydrogens is 409 g/mol. The second-order valence-corrected chi connectivity index (χ2v) is 7.97. The van der Waals surface area contributed by atoms with Crippen LogP contribution >= 0.6 is 11.3 Å². The number of carbonyl (C=O) groups is 2. The molecule has 1 N–H and O–H groups in total. The Morgan fingerprint density at radius 3 is 2.80 bits per heavy atom. The van der Waals surface area contributed by atoms with Crippen molar-refractivity contribution in [3.8, 4) is 5.69 Å². The van der Waals surface area contributed by atoms with Crippen molar-refractivity contribution in [2.45, 2.75) is 32.6 Å². The number of amides is 1. The molecule has 0 atom stereocenters. The third kappa shape index (κ3) is 3.72. The van der Waals surface area contributed by atoms with Crippen LogP contribution in [-0.2, 0) is 9.53 Å². The summed E-state index contributed by atoms with van der Waals surface area (Å²) in [6, 6.07) is 5.36. The van der Waals surface area contributed by atoms with E-state index in [-0.39, 0.29) is 35.2 Å². The first kappa shape index (κ1) is 20.2. The predicted octanol–water partition coefficient (Wildman–Crippen LogP) is 3.89. The van der Waals surface area contributed by atoms with Gasteiger partial charge in [0.15, 0.2) is 5.69 Å². The maximum absolute atomic E-state index is 13.8. The Morgan fingerprint density at radius 2 is 2.10 bits per heavy atom. The van der Waals surface area contributed by atoms with Crippen molar-refractivity contribution in [2.24, 2.45) is 5.92 Å². The number of rotatable bonds is 5. The molecule has 2 aromatic heterocycles. The van der Waals surface area contributed by atoms with E-state index < -0.39 is 17.3 Å². The monoisotopic (exact) mass is 429 g/mol. The third-order valence-electron chi connectivity index (χ3n) is 5.14. The average Bonchev–Trinajstić information content (AvgIpc) is 3.39. The van der Waals surface area contributed by atoms with E-state index >= 15 is 0 Å². The van der Waals surface area contributed by atoms with Gasteiger partial charge in [-0.05, 0) is 38.0 Å². The van der Waals surface area contributed by atoms with E-state index in [1.54, 1.807) is 12.3 Å². The molecule has 1 aromatic carbocycles. The van der Waals surface area contributed by atoms with Gasteiger partial charge in [0, 0.05) is 16.7 Å². The van der Waals surface area contributed by atoms with Gasteiger partial charge in [-0.25, -0.2) is 9.18 Å². The van der Waals surface area contributed by atoms with Gasteiger partial charge in [-0.1, -0.05) is 18.9 Å². The van der Waals surface area contributed by atoms with Crippen LogP contribution < -0.4 is 10.9 Å². The van der Waals surface area contributed by atoms with Crippen molar-refractivity contribution in [2.75, 3.05) is 11.9 Å². The second-order valence-electron chi connectivity index (χ2n) is 7.09. The molecule has 7 nitrogen and oxygen atoms in total. The number of nitrogens with zero attached hydrogens (tertiary/aromatic N) is 2. The van der Waals surface area contributed by atoms with Crippen molar-refractivity contribution >= 4 is 39.0 Å². The van der Waals surface area contributed by atoms with Gasteiger partial charge in [-0.2, -0.15) is 9.78 Å². The fourth-order valence-corrected chi connectivity index (χ4v) is 4.62. The number of halogens is 1. The first-order chi connectivity index (χ1) is 14.5. The minimum Gasteiger partial charge on any atom is -0.461 e. The van der Waals surface area contributed by atoms with Gasteiger partial charge in [0.25, 0.3) is 5.56 Å². The van der Waals surface area contributed by atoms with E-state index in [4.69, 9.17) is 4.74 Å². The fourth-order valence-electron chi connectivity index (χ4n) is 3.68. The Bertz CT molecular complexity index is 1180. The number of benzene rings is 1. The van der Waals surface area contributed by atoms with Crippen LogP contribution in [0.2, 0.25) is 0 Å². The highest BCUT2D eigenvalue weighted by Crippen LogP contribution is 2.33. The molecule has 0 unspecified atom stereocenters. The molecule has 0 aliphatic heterocycles. The van der Waals surface area contributed by atoms with Crippen LogP contribution in [-0.4, -0.2) is 28.3 Å². The van der Waals surface area contributed by atoms with Crippen LogP contribution in [0.4, 0.5) is 9.39 Å². The number of anilines is 1. The molecule has 4 rings (SSSR count). The number of ether oxygens (including phenoxy) is 1. The molecule has 1 aliphatic rings. The second kappa shape index (κ2) is 8.35. The number of esters is 1. The summed E-state index contributed by atoms with van der Waals surface area (Å²) >= 11 is 1.15. The molecule has 30 heavy (non-hydrogen) atoms. The lowest BCUT2D eigenvalue weighted by atomic mass is 10.1. The maximum Gasteiger partial charge on any atom is 0.359 e. The van der Waals surface area contributed by atoms with Crippen molar-refractivity contribution in [1.29, 1.82) is 0 Å². The van der Waals surface area contributed by atoms with Crippen LogP contribution in [0, 0.1) is 11.7 Å². The number of nitrogens with one attached hydrogen (secondary N) is 1. The molecular formula is C21H20FN3O4S. The minimum absolute atomic E-state index is 0.0617. The largest absolute Gasteiger partial charge is 0.461 e. The third-order valence-corrected chi connectivity index (χ3v) is 6.03. The summed E-state index contributed by atoms with van der Waals surface area (Å²) in [5.74, 6) is -1.46. The SMILES string of the molecule is CCOC(=O)c1nn(-c2cccc(F)c2)c(=O)c2c(NC(=O)C3CCCC3)scc12. The Kier molecular flexibility index (Phi) is 5.63. The van der Waals surface area contributed by atoms with Gasteiger partial charge >= 0.3 is 5.97 Å². The normalized spacial score (nSPS) is 14.2. The lowest BCUT2D eigenvalue weighted by molar-refractivity contribution is -0.119. The average molecular weight is 429 g/mol. The summed E-state index contributed by atoms with van der Waals surface area (Å²) in [7, 11) is 0. The Morgan fingerprint density at radius 1 is 1.33 bits per heavy atom. The number of hydrogen-bond acceptors (Lipinski definition) is 6. The van der Waals surface area contributed by atoms with E-state index in [1.165, 1.54) is 18.2 Å². The van der Waals surface area contributed by atoms with E-state index in [1.807, 2.05) is 0 Å². The summed E-state index contributed by atoms with van der Waals surface area (Å²) in [6.07, 6.45) is 3.65. The summed E-state index contributed by atoms with van der Waals surface area (Å²) in [6.45, 7) is 1.80. The lowest BCUT2D eigenvalue weighted by Crippen LogP contribution is -2.26. The maximum atomic E-state index is 13.8. The van der Waals surface area contributed by atoms with Gasteiger partial charge < -0.3 is 10.1 Å². The molecule has 0 radical (unpaired) electrons. The highest BCUT2D eigenvalue weighted by Gasteiger charge is 2.26. The zero-order chi connectivity index (χ0) is 21.3. The molecule has 0 bridgehead atoms. The van der Waals surface area contributed by atoms with Crippen LogP contribution in [0.5, 0.6) is 0 Å². The molecule has 3 aromatic rings. The summed E-state index contributed by atoms with van der Waals surface area (Å²) in [4.78, 5) is 38.4. The zero-order valence-electron chi connectivity index (χ0n) is 16.3. The quantitative estimate of drug-likeness (QED) is 0.622. The van der Waals surface area contributed by atoms with E-state index in [0.29, 0.717) is 10.4 Å². The fraction of sp³-hybridized carbons (Fsp3) is 0.333. The smallest absolute Gasteiger partial charge is 0.359 e. The predicted molar refractivity (Wildman–Crippen MR) is 112 cm³/mol. The Balaban J connectivity index is 1.87. The molecule has 1 fully saturated rings. The molecule has 2 heterocycles. The van der Waals surface area contributed by atoms with E-state index in [9.17, 15) is 18.8 Å². The standard InChI is InChI=1S/C21H20FN3O4S/c1-2-29-21(28)17-15-11-30-19(23-18(26)12-6-3-4-7-12)16(15)20(27)25(24-17)14-9-5-8-13(22)10-14/h5,8-12H,2-4,6-7H2,1H3,(H,23,26). The summed E-state index contributed by atoms with van der Waals surface area (Å²) < 4.78 is 19.8. The summed E-state index contributed by atoms with van der Waals surface area (Å²) in [5.41, 5.74) is -0.438. The van der Waals surface area contributed by atoms with Crippen LogP contribution in [0.3, 0.4) is 0 Å². The van der Waals surface area contributed by atoms with Crippen molar-refractivity contribution in [3.05, 3.63) is 51.5 Å². The number of thiophene rings is 1. The molecule has 1 amide bonds. The van der Waals surface area contributed by atoms with Gasteiger partial charge in [0.2, 0.25) is 5.91 Å². The van der Waals surface area contributed by atoms with Crippen LogP contribution in [0.25, 0.3) is 16.5 Å². The summed E-state index contributed by atoms with van der Waals surface area (Å²) in [5, 5.41) is 9.43. The van der Waals surface area contributed by atoms with Crippen molar-refractivity contribution in [3.63, 3.8) is 0 Å². The molecule has 1 aliphatic carbocycles. The number of aromatic nitrogens is 2. The van der Waals surface area contributed by atoms with Crippen LogP contribution in [0.15, 0.2) is 34.4 Å². The van der Waals surface area contributed by atoms with Gasteiger partial charge in [-0.3, -0.25) is 9.59 Å². The van der Waals surface area contributed by atoms with Crippen molar-refractivity contribution < 1.29 is 18.7 Å². The highest BCUT2D eigenvalue weighted by atomic mass is 32.1. The number of fused-ring (bicyclic) bond motifs is 1. The Labute approximate surface area is 175 Å². The van der Waals surface area contributed by atoms with E-state index in [2.05, 4.69) is 10.4 Å². The molecule has 9 heteroatoms. The minimum atomic E-state index is -0.695. The van der Waals surface area contributed by atoms with Gasteiger partial charge in [0.05, 0.1) is 17.7 Å². The Hall–Kier alpha value is -3.07. The number of carbonyl (C=O) groups excluding carboxylic acids is 2. The first-order valence-corrected chi connectivity index (χ1v) is 10.7. The molecule has 1 saturated carbocycles. The first-order valence-electron chi connectivity index (χ1n) is 9.78. The lowest BCUT2D eigenvalue weighted by Gasteiger charge is -2.11. The van der Waals surface area contributed by atoms with Gasteiger partial charge in [0.1, 0.15) is 10.8 Å².